The lowest BCUT2D eigenvalue weighted by atomic mass is 9.74. The third-order valence-electron chi connectivity index (χ3n) is 3.64. The van der Waals surface area contributed by atoms with Crippen molar-refractivity contribution in [3.63, 3.8) is 0 Å². The quantitative estimate of drug-likeness (QED) is 0.789. The number of carbonyl (C=O) groups is 2. The highest BCUT2D eigenvalue weighted by Gasteiger charge is 2.40. The van der Waals surface area contributed by atoms with Crippen molar-refractivity contribution in [1.29, 1.82) is 0 Å². The molecular weight excluding hydrogens is 263 g/mol. The van der Waals surface area contributed by atoms with Gasteiger partial charge >= 0.3 is 5.97 Å². The number of carboxylic acid groups (broad SMARTS) is 1. The van der Waals surface area contributed by atoms with E-state index in [9.17, 15) is 14.0 Å². The first-order valence-corrected chi connectivity index (χ1v) is 6.10. The van der Waals surface area contributed by atoms with Gasteiger partial charge in [-0.2, -0.15) is 0 Å². The molecule has 6 heteroatoms. The Morgan fingerprint density at radius 3 is 2.20 bits per heavy atom. The maximum Gasteiger partial charge on any atom is 0.335 e. The molecule has 5 nitrogen and oxygen atoms in total. The highest BCUT2D eigenvalue weighted by Crippen LogP contribution is 2.30. The Labute approximate surface area is 117 Å². The van der Waals surface area contributed by atoms with Crippen LogP contribution in [0, 0.1) is 11.2 Å². The summed E-state index contributed by atoms with van der Waals surface area (Å²) in [4.78, 5) is 22.9. The number of aromatic carboxylic acids is 1. The first-order valence-electron chi connectivity index (χ1n) is 6.10. The summed E-state index contributed by atoms with van der Waals surface area (Å²) in [7, 11) is 0. The summed E-state index contributed by atoms with van der Waals surface area (Å²) in [5.74, 6) is -2.47. The number of hydrogen-bond donors (Lipinski definition) is 3. The van der Waals surface area contributed by atoms with Gasteiger partial charge in [-0.25, -0.2) is 9.18 Å². The molecule has 1 aromatic carbocycles. The number of amides is 1. The van der Waals surface area contributed by atoms with E-state index in [1.807, 2.05) is 0 Å². The fourth-order valence-corrected chi connectivity index (χ4v) is 1.32. The van der Waals surface area contributed by atoms with Crippen LogP contribution in [0.1, 0.15) is 38.1 Å². The van der Waals surface area contributed by atoms with Crippen molar-refractivity contribution in [2.75, 3.05) is 5.32 Å². The van der Waals surface area contributed by atoms with Crippen molar-refractivity contribution >= 4 is 17.6 Å². The van der Waals surface area contributed by atoms with E-state index in [4.69, 9.17) is 10.8 Å². The largest absolute Gasteiger partial charge is 0.478 e. The molecule has 0 bridgehead atoms. The zero-order valence-corrected chi connectivity index (χ0v) is 12.0. The van der Waals surface area contributed by atoms with Crippen molar-refractivity contribution in [2.45, 2.75) is 33.2 Å². The van der Waals surface area contributed by atoms with Gasteiger partial charge in [0.1, 0.15) is 5.82 Å². The molecule has 0 fully saturated rings. The van der Waals surface area contributed by atoms with Crippen molar-refractivity contribution < 1.29 is 19.1 Å². The van der Waals surface area contributed by atoms with Gasteiger partial charge in [0.15, 0.2) is 0 Å². The summed E-state index contributed by atoms with van der Waals surface area (Å²) in [6.07, 6.45) is 0. The van der Waals surface area contributed by atoms with Crippen LogP contribution in [-0.2, 0) is 4.79 Å². The number of carbonyl (C=O) groups excluding carboxylic acids is 1. The standard InChI is InChI=1S/C14H19FN2O3/c1-13(2,14(3,4)16)12(20)17-10-6-5-8(11(18)19)7-9(10)15/h5-7H,16H2,1-4H3,(H,17,20)(H,18,19). The summed E-state index contributed by atoms with van der Waals surface area (Å²) in [6, 6.07) is 3.30. The third kappa shape index (κ3) is 3.14. The minimum atomic E-state index is -1.23. The highest BCUT2D eigenvalue weighted by atomic mass is 19.1. The molecule has 0 aliphatic carbocycles. The minimum absolute atomic E-state index is 0.0719. The number of carboxylic acids is 1. The topological polar surface area (TPSA) is 92.4 Å². The second-order valence-electron chi connectivity index (χ2n) is 5.80. The summed E-state index contributed by atoms with van der Waals surface area (Å²) < 4.78 is 13.7. The molecule has 4 N–H and O–H groups in total. The van der Waals surface area contributed by atoms with Crippen LogP contribution in [0.5, 0.6) is 0 Å². The predicted molar refractivity (Wildman–Crippen MR) is 74.0 cm³/mol. The summed E-state index contributed by atoms with van der Waals surface area (Å²) in [6.45, 7) is 6.73. The third-order valence-corrected chi connectivity index (χ3v) is 3.64. The van der Waals surface area contributed by atoms with E-state index in [0.29, 0.717) is 0 Å². The summed E-state index contributed by atoms with van der Waals surface area (Å²) >= 11 is 0. The number of rotatable bonds is 4. The van der Waals surface area contributed by atoms with E-state index < -0.39 is 28.6 Å². The molecule has 1 aromatic rings. The van der Waals surface area contributed by atoms with Crippen LogP contribution in [0.25, 0.3) is 0 Å². The van der Waals surface area contributed by atoms with E-state index in [1.165, 1.54) is 12.1 Å². The fourth-order valence-electron chi connectivity index (χ4n) is 1.32. The lowest BCUT2D eigenvalue weighted by molar-refractivity contribution is -0.126. The average molecular weight is 282 g/mol. The molecule has 1 amide bonds. The molecule has 0 aliphatic heterocycles. The van der Waals surface area contributed by atoms with Crippen LogP contribution in [-0.4, -0.2) is 22.5 Å². The summed E-state index contributed by atoms with van der Waals surface area (Å²) in [5, 5.41) is 11.2. The maximum absolute atomic E-state index is 13.7. The van der Waals surface area contributed by atoms with Crippen molar-refractivity contribution in [1.82, 2.24) is 0 Å². The van der Waals surface area contributed by atoms with E-state index in [2.05, 4.69) is 5.32 Å². The molecule has 0 aliphatic rings. The zero-order valence-electron chi connectivity index (χ0n) is 12.0. The van der Waals surface area contributed by atoms with Crippen LogP contribution < -0.4 is 11.1 Å². The van der Waals surface area contributed by atoms with E-state index in [1.54, 1.807) is 27.7 Å². The van der Waals surface area contributed by atoms with E-state index in [0.717, 1.165) is 6.07 Å². The van der Waals surface area contributed by atoms with Crippen molar-refractivity contribution in [2.24, 2.45) is 11.1 Å². The SMILES string of the molecule is CC(C)(N)C(C)(C)C(=O)Nc1ccc(C(=O)O)cc1F. The molecule has 0 radical (unpaired) electrons. The van der Waals surface area contributed by atoms with Gasteiger partial charge in [0.2, 0.25) is 5.91 Å². The van der Waals surface area contributed by atoms with E-state index in [-0.39, 0.29) is 11.3 Å². The Morgan fingerprint density at radius 1 is 1.25 bits per heavy atom. The Hall–Kier alpha value is -1.95. The first-order chi connectivity index (χ1) is 8.96. The Kier molecular flexibility index (Phi) is 4.19. The van der Waals surface area contributed by atoms with Crippen molar-refractivity contribution in [3.05, 3.63) is 29.6 Å². The second-order valence-corrected chi connectivity index (χ2v) is 5.80. The van der Waals surface area contributed by atoms with Gasteiger partial charge in [0.25, 0.3) is 0 Å². The van der Waals surface area contributed by atoms with Crippen LogP contribution in [0.15, 0.2) is 18.2 Å². The second kappa shape index (κ2) is 5.20. The van der Waals surface area contributed by atoms with Crippen LogP contribution in [0.2, 0.25) is 0 Å². The van der Waals surface area contributed by atoms with Gasteiger partial charge in [-0.1, -0.05) is 0 Å². The molecule has 0 aromatic heterocycles. The molecule has 1 rings (SSSR count). The number of halogens is 1. The smallest absolute Gasteiger partial charge is 0.335 e. The molecule has 0 atom stereocenters. The maximum atomic E-state index is 13.7. The molecule has 0 saturated carbocycles. The highest BCUT2D eigenvalue weighted by molar-refractivity contribution is 5.96. The van der Waals surface area contributed by atoms with Gasteiger partial charge in [-0.3, -0.25) is 4.79 Å². The minimum Gasteiger partial charge on any atom is -0.478 e. The molecule has 0 heterocycles. The molecular formula is C14H19FN2O3. The molecule has 20 heavy (non-hydrogen) atoms. The molecule has 0 unspecified atom stereocenters. The Morgan fingerprint density at radius 2 is 1.80 bits per heavy atom. The molecule has 110 valence electrons. The number of nitrogens with two attached hydrogens (primary N) is 1. The monoisotopic (exact) mass is 282 g/mol. The number of anilines is 1. The van der Waals surface area contributed by atoms with Crippen LogP contribution >= 0.6 is 0 Å². The molecule has 0 saturated heterocycles. The predicted octanol–water partition coefficient (Wildman–Crippen LogP) is 2.23. The number of benzene rings is 1. The van der Waals surface area contributed by atoms with Crippen LogP contribution in [0.4, 0.5) is 10.1 Å². The average Bonchev–Trinajstić information content (AvgIpc) is 2.29. The van der Waals surface area contributed by atoms with Crippen molar-refractivity contribution in [3.8, 4) is 0 Å². The fraction of sp³-hybridized carbons (Fsp3) is 0.429. The van der Waals surface area contributed by atoms with Gasteiger partial charge in [-0.15, -0.1) is 0 Å². The van der Waals surface area contributed by atoms with E-state index >= 15 is 0 Å². The first kappa shape index (κ1) is 16.1. The van der Waals surface area contributed by atoms with Gasteiger partial charge in [0.05, 0.1) is 16.7 Å². The lowest BCUT2D eigenvalue weighted by Gasteiger charge is -2.36. The Balaban J connectivity index is 3.00. The van der Waals surface area contributed by atoms with Gasteiger partial charge in [-0.05, 0) is 45.9 Å². The lowest BCUT2D eigenvalue weighted by Crippen LogP contribution is -2.53. The number of nitrogens with one attached hydrogen (secondary N) is 1. The van der Waals surface area contributed by atoms with Gasteiger partial charge in [0, 0.05) is 5.54 Å². The summed E-state index contributed by atoms with van der Waals surface area (Å²) in [5.41, 5.74) is 3.96. The molecule has 0 spiro atoms. The van der Waals surface area contributed by atoms with Gasteiger partial charge < -0.3 is 16.2 Å². The zero-order chi connectivity index (χ0) is 15.7. The number of hydrogen-bond acceptors (Lipinski definition) is 3. The van der Waals surface area contributed by atoms with Crippen LogP contribution in [0.3, 0.4) is 0 Å². The normalized spacial score (nSPS) is 12.1. The Bertz CT molecular complexity index is 548.